The Hall–Kier alpha value is -3.97. The maximum atomic E-state index is 14.1. The molecule has 9 nitrogen and oxygen atoms in total. The minimum absolute atomic E-state index is 0.184. The van der Waals surface area contributed by atoms with Crippen LogP contribution in [0.4, 0.5) is 9.18 Å². The van der Waals surface area contributed by atoms with E-state index in [1.165, 1.54) is 12.1 Å². The third-order valence-corrected chi connectivity index (χ3v) is 5.94. The van der Waals surface area contributed by atoms with Gasteiger partial charge >= 0.3 is 6.09 Å². The molecule has 196 valence electrons. The van der Waals surface area contributed by atoms with Crippen molar-refractivity contribution < 1.29 is 28.2 Å². The SMILES string of the molecule is CC(C)(C)OC(=O)NC1(C(=O)N[C@H](C#N)Cc2ccc(-c3ccc(C(N)=O)c(F)c3)cc2)CCOCC1. The highest BCUT2D eigenvalue weighted by Gasteiger charge is 2.43. The van der Waals surface area contributed by atoms with E-state index in [0.717, 1.165) is 5.56 Å². The summed E-state index contributed by atoms with van der Waals surface area (Å²) in [6.45, 7) is 5.75. The maximum absolute atomic E-state index is 14.1. The Balaban J connectivity index is 1.69. The molecular weight excluding hydrogens is 479 g/mol. The summed E-state index contributed by atoms with van der Waals surface area (Å²) in [5.41, 5.74) is 5.03. The van der Waals surface area contributed by atoms with Gasteiger partial charge in [-0.1, -0.05) is 30.3 Å². The van der Waals surface area contributed by atoms with E-state index >= 15 is 0 Å². The smallest absolute Gasteiger partial charge is 0.408 e. The molecule has 0 aliphatic carbocycles. The highest BCUT2D eigenvalue weighted by Crippen LogP contribution is 2.24. The van der Waals surface area contributed by atoms with Crippen molar-refractivity contribution in [3.05, 3.63) is 59.4 Å². The van der Waals surface area contributed by atoms with Crippen molar-refractivity contribution in [2.75, 3.05) is 13.2 Å². The van der Waals surface area contributed by atoms with Crippen LogP contribution in [0.15, 0.2) is 42.5 Å². The third kappa shape index (κ3) is 7.27. The summed E-state index contributed by atoms with van der Waals surface area (Å²) in [6.07, 6.45) is -0.00307. The predicted molar refractivity (Wildman–Crippen MR) is 134 cm³/mol. The topological polar surface area (TPSA) is 144 Å². The number of rotatable bonds is 7. The first-order chi connectivity index (χ1) is 17.4. The van der Waals surface area contributed by atoms with Crippen LogP contribution in [-0.4, -0.2) is 48.3 Å². The van der Waals surface area contributed by atoms with E-state index in [4.69, 9.17) is 15.2 Å². The Bertz CT molecular complexity index is 1190. The molecule has 37 heavy (non-hydrogen) atoms. The second-order valence-electron chi connectivity index (χ2n) is 9.94. The van der Waals surface area contributed by atoms with Crippen molar-refractivity contribution in [2.45, 2.75) is 57.2 Å². The number of carbonyl (C=O) groups excluding carboxylic acids is 3. The molecule has 1 atom stereocenters. The average Bonchev–Trinajstić information content (AvgIpc) is 2.83. The minimum Gasteiger partial charge on any atom is -0.444 e. The van der Waals surface area contributed by atoms with Crippen molar-refractivity contribution in [3.63, 3.8) is 0 Å². The molecule has 1 aliphatic heterocycles. The third-order valence-electron chi connectivity index (χ3n) is 5.94. The lowest BCUT2D eigenvalue weighted by molar-refractivity contribution is -0.132. The number of alkyl carbamates (subject to hydrolysis) is 1. The van der Waals surface area contributed by atoms with Gasteiger partial charge in [-0.25, -0.2) is 9.18 Å². The largest absolute Gasteiger partial charge is 0.444 e. The van der Waals surface area contributed by atoms with Gasteiger partial charge in [0.2, 0.25) is 5.91 Å². The van der Waals surface area contributed by atoms with Gasteiger partial charge in [0.1, 0.15) is 23.0 Å². The molecule has 2 aromatic carbocycles. The fraction of sp³-hybridized carbons (Fsp3) is 0.407. The van der Waals surface area contributed by atoms with E-state index < -0.39 is 40.9 Å². The maximum Gasteiger partial charge on any atom is 0.408 e. The lowest BCUT2D eigenvalue weighted by Gasteiger charge is -2.37. The van der Waals surface area contributed by atoms with E-state index in [2.05, 4.69) is 16.7 Å². The van der Waals surface area contributed by atoms with Crippen LogP contribution in [0.5, 0.6) is 0 Å². The fourth-order valence-electron chi connectivity index (χ4n) is 4.02. The molecule has 1 aliphatic rings. The van der Waals surface area contributed by atoms with Gasteiger partial charge in [0.25, 0.3) is 5.91 Å². The number of halogens is 1. The zero-order chi connectivity index (χ0) is 27.2. The van der Waals surface area contributed by atoms with E-state index in [1.807, 2.05) is 0 Å². The number of amides is 3. The summed E-state index contributed by atoms with van der Waals surface area (Å²) in [5, 5.41) is 15.2. The standard InChI is InChI=1S/C27H31FN4O5/c1-26(2,3)37-25(35)32-27(10-12-36-13-11-27)24(34)31-20(16-29)14-17-4-6-18(7-5-17)19-8-9-21(23(30)33)22(28)15-19/h4-9,15,20H,10-14H2,1-3H3,(H2,30,33)(H,31,34)(H,32,35)/t20-/m0/s1. The van der Waals surface area contributed by atoms with Gasteiger partial charge in [0.05, 0.1) is 11.6 Å². The van der Waals surface area contributed by atoms with Gasteiger partial charge in [0.15, 0.2) is 0 Å². The zero-order valence-electron chi connectivity index (χ0n) is 21.1. The Morgan fingerprint density at radius 2 is 1.76 bits per heavy atom. The lowest BCUT2D eigenvalue weighted by atomic mass is 9.88. The van der Waals surface area contributed by atoms with Gasteiger partial charge in [-0.3, -0.25) is 9.59 Å². The number of hydrogen-bond acceptors (Lipinski definition) is 6. The molecule has 1 fully saturated rings. The number of nitrogens with zero attached hydrogens (tertiary/aromatic N) is 1. The Morgan fingerprint density at radius 3 is 2.30 bits per heavy atom. The first-order valence-corrected chi connectivity index (χ1v) is 11.9. The second-order valence-corrected chi connectivity index (χ2v) is 9.94. The Labute approximate surface area is 215 Å². The van der Waals surface area contributed by atoms with E-state index in [1.54, 1.807) is 51.1 Å². The van der Waals surface area contributed by atoms with Crippen molar-refractivity contribution in [2.24, 2.45) is 5.73 Å². The van der Waals surface area contributed by atoms with Gasteiger partial charge in [-0.2, -0.15) is 5.26 Å². The van der Waals surface area contributed by atoms with Crippen LogP contribution in [0.2, 0.25) is 0 Å². The van der Waals surface area contributed by atoms with Crippen LogP contribution in [0.3, 0.4) is 0 Å². The molecule has 0 aromatic heterocycles. The van der Waals surface area contributed by atoms with Crippen LogP contribution in [0.25, 0.3) is 11.1 Å². The second kappa shape index (κ2) is 11.4. The first kappa shape index (κ1) is 27.6. The highest BCUT2D eigenvalue weighted by molar-refractivity contribution is 5.93. The first-order valence-electron chi connectivity index (χ1n) is 11.9. The fourth-order valence-corrected chi connectivity index (χ4v) is 4.02. The summed E-state index contributed by atoms with van der Waals surface area (Å²) < 4.78 is 24.8. The van der Waals surface area contributed by atoms with Gasteiger partial charge in [0, 0.05) is 32.5 Å². The van der Waals surface area contributed by atoms with Crippen LogP contribution in [0, 0.1) is 17.1 Å². The summed E-state index contributed by atoms with van der Waals surface area (Å²) in [7, 11) is 0. The molecule has 10 heteroatoms. The quantitative estimate of drug-likeness (QED) is 0.522. The number of hydrogen-bond donors (Lipinski definition) is 3. The van der Waals surface area contributed by atoms with Crippen molar-refractivity contribution in [3.8, 4) is 17.2 Å². The van der Waals surface area contributed by atoms with Gasteiger partial charge in [-0.15, -0.1) is 0 Å². The summed E-state index contributed by atoms with van der Waals surface area (Å²) in [5.74, 6) is -2.02. The van der Waals surface area contributed by atoms with Crippen LogP contribution < -0.4 is 16.4 Å². The summed E-state index contributed by atoms with van der Waals surface area (Å²) in [6, 6.07) is 12.5. The molecule has 2 aromatic rings. The monoisotopic (exact) mass is 510 g/mol. The molecule has 1 saturated heterocycles. The number of nitrogens with two attached hydrogens (primary N) is 1. The van der Waals surface area contributed by atoms with E-state index in [0.29, 0.717) is 11.1 Å². The van der Waals surface area contributed by atoms with Crippen molar-refractivity contribution in [1.82, 2.24) is 10.6 Å². The number of nitriles is 1. The van der Waals surface area contributed by atoms with Crippen LogP contribution in [0.1, 0.15) is 49.5 Å². The number of benzene rings is 2. The number of primary amides is 1. The number of ether oxygens (including phenoxy) is 2. The molecule has 1 heterocycles. The Kier molecular flexibility index (Phi) is 8.50. The lowest BCUT2D eigenvalue weighted by Crippen LogP contribution is -2.63. The Morgan fingerprint density at radius 1 is 1.14 bits per heavy atom. The number of nitrogens with one attached hydrogen (secondary N) is 2. The summed E-state index contributed by atoms with van der Waals surface area (Å²) in [4.78, 5) is 37.0. The van der Waals surface area contributed by atoms with Crippen LogP contribution >= 0.6 is 0 Å². The average molecular weight is 511 g/mol. The molecule has 4 N–H and O–H groups in total. The molecule has 0 saturated carbocycles. The number of carbonyl (C=O) groups is 3. The molecule has 0 radical (unpaired) electrons. The van der Waals surface area contributed by atoms with Gasteiger partial charge in [-0.05, 0) is 49.6 Å². The van der Waals surface area contributed by atoms with Crippen molar-refractivity contribution >= 4 is 17.9 Å². The highest BCUT2D eigenvalue weighted by atomic mass is 19.1. The van der Waals surface area contributed by atoms with Gasteiger partial charge < -0.3 is 25.8 Å². The van der Waals surface area contributed by atoms with E-state index in [9.17, 15) is 24.0 Å². The summed E-state index contributed by atoms with van der Waals surface area (Å²) >= 11 is 0. The predicted octanol–water partition coefficient (Wildman–Crippen LogP) is 3.22. The van der Waals surface area contributed by atoms with E-state index in [-0.39, 0.29) is 38.0 Å². The molecule has 3 rings (SSSR count). The normalized spacial score (nSPS) is 15.6. The minimum atomic E-state index is -1.25. The van der Waals surface area contributed by atoms with Crippen LogP contribution in [-0.2, 0) is 20.7 Å². The molecular formula is C27H31FN4O5. The molecule has 0 bridgehead atoms. The molecule has 0 spiro atoms. The van der Waals surface area contributed by atoms with Crippen molar-refractivity contribution in [1.29, 1.82) is 5.26 Å². The molecule has 3 amide bonds. The zero-order valence-corrected chi connectivity index (χ0v) is 21.1. The molecule has 0 unspecified atom stereocenters.